The molecule has 0 amide bonds. The van der Waals surface area contributed by atoms with Gasteiger partial charge >= 0.3 is 0 Å². The molecule has 0 spiro atoms. The van der Waals surface area contributed by atoms with E-state index < -0.39 is 0 Å². The van der Waals surface area contributed by atoms with E-state index in [9.17, 15) is 0 Å². The zero-order chi connectivity index (χ0) is 12.0. The van der Waals surface area contributed by atoms with E-state index in [1.54, 1.807) is 0 Å². The minimum Gasteiger partial charge on any atom is -0.404 e. The maximum Gasteiger partial charge on any atom is 0.0372 e. The van der Waals surface area contributed by atoms with Gasteiger partial charge in [-0.2, -0.15) is 0 Å². The van der Waals surface area contributed by atoms with Crippen LogP contribution >= 0.6 is 12.6 Å². The number of allylic oxidation sites excluding steroid dienone is 1. The molecule has 0 aliphatic heterocycles. The van der Waals surface area contributed by atoms with Crippen molar-refractivity contribution in [2.75, 3.05) is 0 Å². The Kier molecular flexibility index (Phi) is 7.00. The standard InChI is InChI=1S/C8H18.C3H6N2S/c1-7(2,3)8(4,5)6;4-1-3(6)2-5/h1-6H3;1-2,4,6H,5H2/b;3-2+,4-1?. The Morgan fingerprint density at radius 3 is 1.36 bits per heavy atom. The van der Waals surface area contributed by atoms with Crippen LogP contribution in [-0.2, 0) is 0 Å². The highest BCUT2D eigenvalue weighted by Crippen LogP contribution is 2.36. The summed E-state index contributed by atoms with van der Waals surface area (Å²) in [5.41, 5.74) is 5.77. The molecule has 0 aliphatic rings. The van der Waals surface area contributed by atoms with Crippen molar-refractivity contribution in [2.45, 2.75) is 41.5 Å². The van der Waals surface area contributed by atoms with Crippen LogP contribution in [0.5, 0.6) is 0 Å². The van der Waals surface area contributed by atoms with E-state index in [4.69, 9.17) is 11.1 Å². The first-order chi connectivity index (χ1) is 6.06. The molecule has 0 saturated heterocycles. The van der Waals surface area contributed by atoms with E-state index >= 15 is 0 Å². The fourth-order valence-electron chi connectivity index (χ4n) is 0.0481. The molecule has 0 atom stereocenters. The SMILES string of the molecule is CC(C)(C)C(C)(C)C.N=C/C(S)=C\N. The smallest absolute Gasteiger partial charge is 0.0372 e. The van der Waals surface area contributed by atoms with Crippen LogP contribution in [0.1, 0.15) is 41.5 Å². The summed E-state index contributed by atoms with van der Waals surface area (Å²) in [5, 5.41) is 6.46. The lowest BCUT2D eigenvalue weighted by atomic mass is 9.71. The van der Waals surface area contributed by atoms with E-state index in [1.807, 2.05) is 0 Å². The van der Waals surface area contributed by atoms with Crippen LogP contribution in [-0.4, -0.2) is 6.21 Å². The predicted octanol–water partition coefficient (Wildman–Crippen LogP) is 3.44. The van der Waals surface area contributed by atoms with Gasteiger partial charge in [-0.05, 0) is 10.8 Å². The fraction of sp³-hybridized carbons (Fsp3) is 0.727. The molecule has 0 aromatic heterocycles. The van der Waals surface area contributed by atoms with Crippen LogP contribution in [0.3, 0.4) is 0 Å². The Morgan fingerprint density at radius 1 is 1.07 bits per heavy atom. The van der Waals surface area contributed by atoms with E-state index in [-0.39, 0.29) is 0 Å². The van der Waals surface area contributed by atoms with Gasteiger partial charge in [-0.15, -0.1) is 12.6 Å². The van der Waals surface area contributed by atoms with Crippen LogP contribution < -0.4 is 5.73 Å². The van der Waals surface area contributed by atoms with Gasteiger partial charge in [0.1, 0.15) is 0 Å². The van der Waals surface area contributed by atoms with Crippen molar-refractivity contribution in [3.05, 3.63) is 11.1 Å². The van der Waals surface area contributed by atoms with Gasteiger partial charge < -0.3 is 11.1 Å². The molecule has 14 heavy (non-hydrogen) atoms. The first-order valence-corrected chi connectivity index (χ1v) is 5.12. The Hall–Kier alpha value is -0.440. The Bertz CT molecular complexity index is 182. The van der Waals surface area contributed by atoms with E-state index in [0.29, 0.717) is 15.7 Å². The van der Waals surface area contributed by atoms with Crippen LogP contribution in [0.4, 0.5) is 0 Å². The van der Waals surface area contributed by atoms with Gasteiger partial charge in [-0.3, -0.25) is 0 Å². The second-order valence-corrected chi connectivity index (χ2v) is 5.75. The summed E-state index contributed by atoms with van der Waals surface area (Å²) in [7, 11) is 0. The highest BCUT2D eigenvalue weighted by atomic mass is 32.1. The third-order valence-corrected chi connectivity index (χ3v) is 2.85. The van der Waals surface area contributed by atoms with Crippen LogP contribution in [0.25, 0.3) is 0 Å². The maximum atomic E-state index is 6.46. The molecule has 3 N–H and O–H groups in total. The number of nitrogens with one attached hydrogen (secondary N) is 1. The summed E-state index contributed by atoms with van der Waals surface area (Å²) in [6, 6.07) is 0. The van der Waals surface area contributed by atoms with E-state index in [1.165, 1.54) is 6.20 Å². The quantitative estimate of drug-likeness (QED) is 0.456. The van der Waals surface area contributed by atoms with E-state index in [2.05, 4.69) is 54.2 Å². The van der Waals surface area contributed by atoms with Crippen molar-refractivity contribution in [3.63, 3.8) is 0 Å². The molecule has 0 rings (SSSR count). The molecular formula is C11H24N2S. The van der Waals surface area contributed by atoms with Crippen molar-refractivity contribution in [3.8, 4) is 0 Å². The summed E-state index contributed by atoms with van der Waals surface area (Å²) in [6.07, 6.45) is 2.33. The molecular weight excluding hydrogens is 192 g/mol. The third-order valence-electron chi connectivity index (χ3n) is 2.57. The zero-order valence-electron chi connectivity index (χ0n) is 10.2. The third kappa shape index (κ3) is 8.17. The van der Waals surface area contributed by atoms with Gasteiger partial charge in [0.15, 0.2) is 0 Å². The van der Waals surface area contributed by atoms with Crippen LogP contribution in [0, 0.1) is 16.2 Å². The minimum atomic E-state index is 0.437. The summed E-state index contributed by atoms with van der Waals surface area (Å²) in [4.78, 5) is 0.481. The number of hydrogen-bond donors (Lipinski definition) is 3. The molecule has 0 fully saturated rings. The lowest BCUT2D eigenvalue weighted by Gasteiger charge is -2.34. The molecule has 0 aromatic carbocycles. The van der Waals surface area contributed by atoms with Crippen molar-refractivity contribution in [2.24, 2.45) is 16.6 Å². The van der Waals surface area contributed by atoms with Gasteiger partial charge in [0, 0.05) is 17.3 Å². The molecule has 3 heteroatoms. The van der Waals surface area contributed by atoms with Gasteiger partial charge in [0.2, 0.25) is 0 Å². The summed E-state index contributed by atoms with van der Waals surface area (Å²) >= 11 is 3.72. The van der Waals surface area contributed by atoms with Gasteiger partial charge in [0.05, 0.1) is 0 Å². The molecule has 2 nitrogen and oxygen atoms in total. The molecule has 0 heterocycles. The second-order valence-electron chi connectivity index (χ2n) is 5.24. The molecule has 84 valence electrons. The van der Waals surface area contributed by atoms with Crippen molar-refractivity contribution >= 4 is 18.8 Å². The molecule has 0 aliphatic carbocycles. The summed E-state index contributed by atoms with van der Waals surface area (Å²) in [6.45, 7) is 13.6. The summed E-state index contributed by atoms with van der Waals surface area (Å²) < 4.78 is 0. The topological polar surface area (TPSA) is 49.9 Å². The lowest BCUT2D eigenvalue weighted by molar-refractivity contribution is 0.157. The molecule has 0 bridgehead atoms. The highest BCUT2D eigenvalue weighted by molar-refractivity contribution is 7.85. The van der Waals surface area contributed by atoms with Gasteiger partial charge in [0.25, 0.3) is 0 Å². The average Bonchev–Trinajstić information content (AvgIpc) is 2.00. The highest BCUT2D eigenvalue weighted by Gasteiger charge is 2.26. The lowest BCUT2D eigenvalue weighted by Crippen LogP contribution is -2.25. The largest absolute Gasteiger partial charge is 0.404 e. The van der Waals surface area contributed by atoms with Crippen molar-refractivity contribution in [1.29, 1.82) is 5.41 Å². The van der Waals surface area contributed by atoms with Crippen molar-refractivity contribution < 1.29 is 0 Å². The zero-order valence-corrected chi connectivity index (χ0v) is 11.1. The normalized spacial score (nSPS) is 12.9. The van der Waals surface area contributed by atoms with E-state index in [0.717, 1.165) is 6.21 Å². The Morgan fingerprint density at radius 2 is 1.36 bits per heavy atom. The molecule has 0 saturated carbocycles. The Labute approximate surface area is 93.9 Å². The number of rotatable bonds is 1. The van der Waals surface area contributed by atoms with Crippen molar-refractivity contribution in [1.82, 2.24) is 0 Å². The molecule has 0 unspecified atom stereocenters. The Balaban J connectivity index is 0. The fourth-order valence-corrected chi connectivity index (χ4v) is 0.0481. The second kappa shape index (κ2) is 6.12. The number of thiol groups is 1. The molecule has 0 radical (unpaired) electrons. The first kappa shape index (κ1) is 16.0. The monoisotopic (exact) mass is 216 g/mol. The first-order valence-electron chi connectivity index (χ1n) is 4.67. The summed E-state index contributed by atoms with van der Waals surface area (Å²) in [5.74, 6) is 0. The van der Waals surface area contributed by atoms with Gasteiger partial charge in [-0.1, -0.05) is 41.5 Å². The average molecular weight is 216 g/mol. The molecule has 0 aromatic rings. The van der Waals surface area contributed by atoms with Gasteiger partial charge in [-0.25, -0.2) is 0 Å². The maximum absolute atomic E-state index is 6.46. The minimum absolute atomic E-state index is 0.437. The predicted molar refractivity (Wildman–Crippen MR) is 69.0 cm³/mol. The van der Waals surface area contributed by atoms with Crippen LogP contribution in [0.2, 0.25) is 0 Å². The van der Waals surface area contributed by atoms with Crippen LogP contribution in [0.15, 0.2) is 11.1 Å². The number of hydrogen-bond acceptors (Lipinski definition) is 3. The number of nitrogens with two attached hydrogens (primary N) is 1.